The van der Waals surface area contributed by atoms with Crippen molar-refractivity contribution in [2.45, 2.75) is 6.92 Å². The Hall–Kier alpha value is -3.34. The largest absolute Gasteiger partial charge is 0.497 e. The van der Waals surface area contributed by atoms with Crippen molar-refractivity contribution in [2.75, 3.05) is 13.7 Å². The highest BCUT2D eigenvalue weighted by Gasteiger charge is 2.19. The third-order valence-corrected chi connectivity index (χ3v) is 4.73. The lowest BCUT2D eigenvalue weighted by Crippen LogP contribution is -2.08. The number of hydrogen-bond donors (Lipinski definition) is 0. The number of rotatable bonds is 4. The second-order valence-electron chi connectivity index (χ2n) is 6.28. The van der Waals surface area contributed by atoms with Gasteiger partial charge in [-0.2, -0.15) is 0 Å². The summed E-state index contributed by atoms with van der Waals surface area (Å²) >= 11 is 0. The molecule has 2 aromatic heterocycles. The van der Waals surface area contributed by atoms with Crippen molar-refractivity contribution in [3.05, 3.63) is 60.3 Å². The molecule has 27 heavy (non-hydrogen) atoms. The number of carbonyl (C=O) groups is 1. The maximum atomic E-state index is 12.4. The number of carbonyl (C=O) groups excluding carboxylic acids is 1. The van der Waals surface area contributed by atoms with Crippen LogP contribution in [0.3, 0.4) is 0 Å². The molecular formula is C22H20N2O3. The number of nitrogens with zero attached hydrogens (tertiary/aromatic N) is 2. The molecule has 4 rings (SSSR count). The van der Waals surface area contributed by atoms with E-state index in [1.54, 1.807) is 14.0 Å². The number of hydrogen-bond acceptors (Lipinski definition) is 4. The van der Waals surface area contributed by atoms with Crippen molar-refractivity contribution in [1.82, 2.24) is 9.55 Å². The average molecular weight is 360 g/mol. The van der Waals surface area contributed by atoms with Crippen LogP contribution in [0.2, 0.25) is 0 Å². The van der Waals surface area contributed by atoms with E-state index in [4.69, 9.17) is 9.47 Å². The summed E-state index contributed by atoms with van der Waals surface area (Å²) in [6.07, 6.45) is 0. The summed E-state index contributed by atoms with van der Waals surface area (Å²) in [6, 6.07) is 17.6. The fourth-order valence-electron chi connectivity index (χ4n) is 3.46. The molecule has 0 bridgehead atoms. The lowest BCUT2D eigenvalue weighted by atomic mass is 10.1. The molecule has 4 aromatic rings. The van der Waals surface area contributed by atoms with Crippen LogP contribution in [0.25, 0.3) is 33.1 Å². The molecule has 136 valence electrons. The molecular weight excluding hydrogens is 340 g/mol. The molecule has 0 unspecified atom stereocenters. The van der Waals surface area contributed by atoms with E-state index in [9.17, 15) is 4.79 Å². The Labute approximate surface area is 157 Å². The molecule has 0 radical (unpaired) electrons. The van der Waals surface area contributed by atoms with Crippen LogP contribution in [0.4, 0.5) is 0 Å². The van der Waals surface area contributed by atoms with Crippen molar-refractivity contribution >= 4 is 27.8 Å². The molecule has 5 nitrogen and oxygen atoms in total. The molecule has 5 heteroatoms. The van der Waals surface area contributed by atoms with Crippen molar-refractivity contribution in [2.24, 2.45) is 7.05 Å². The monoisotopic (exact) mass is 360 g/mol. The Balaban J connectivity index is 2.06. The van der Waals surface area contributed by atoms with Gasteiger partial charge in [-0.05, 0) is 43.3 Å². The van der Waals surface area contributed by atoms with Crippen LogP contribution in [0.5, 0.6) is 5.75 Å². The molecule has 0 aliphatic rings. The number of aryl methyl sites for hydroxylation is 1. The van der Waals surface area contributed by atoms with Crippen molar-refractivity contribution in [3.63, 3.8) is 0 Å². The number of esters is 1. The standard InChI is InChI=1S/C22H20N2O3/c1-4-27-22(25)18-13-17-16-7-5-6-8-19(16)24(2)21(17)20(23-18)14-9-11-15(26-3)12-10-14/h5-13H,4H2,1-3H3. The number of pyridine rings is 1. The molecule has 0 saturated carbocycles. The second kappa shape index (κ2) is 6.76. The van der Waals surface area contributed by atoms with E-state index in [1.807, 2.05) is 49.5 Å². The zero-order valence-electron chi connectivity index (χ0n) is 15.5. The topological polar surface area (TPSA) is 53.4 Å². The predicted octanol–water partition coefficient (Wildman–Crippen LogP) is 4.58. The lowest BCUT2D eigenvalue weighted by molar-refractivity contribution is 0.0520. The van der Waals surface area contributed by atoms with E-state index in [0.29, 0.717) is 12.3 Å². The lowest BCUT2D eigenvalue weighted by Gasteiger charge is -2.10. The minimum atomic E-state index is -0.415. The molecule has 0 amide bonds. The summed E-state index contributed by atoms with van der Waals surface area (Å²) < 4.78 is 12.6. The van der Waals surface area contributed by atoms with Gasteiger partial charge in [-0.15, -0.1) is 0 Å². The van der Waals surface area contributed by atoms with E-state index in [2.05, 4.69) is 21.7 Å². The quantitative estimate of drug-likeness (QED) is 0.500. The summed E-state index contributed by atoms with van der Waals surface area (Å²) in [7, 11) is 3.65. The first-order valence-electron chi connectivity index (χ1n) is 8.83. The molecule has 0 atom stereocenters. The molecule has 2 heterocycles. The van der Waals surface area contributed by atoms with Gasteiger partial charge < -0.3 is 14.0 Å². The fraction of sp³-hybridized carbons (Fsp3) is 0.182. The summed E-state index contributed by atoms with van der Waals surface area (Å²) in [5, 5.41) is 2.06. The third-order valence-electron chi connectivity index (χ3n) is 4.73. The highest BCUT2D eigenvalue weighted by atomic mass is 16.5. The molecule has 0 N–H and O–H groups in total. The molecule has 2 aromatic carbocycles. The predicted molar refractivity (Wildman–Crippen MR) is 106 cm³/mol. The third kappa shape index (κ3) is 2.81. The fourth-order valence-corrected chi connectivity index (χ4v) is 3.46. The molecule has 0 fully saturated rings. The van der Waals surface area contributed by atoms with Crippen LogP contribution in [-0.4, -0.2) is 29.2 Å². The number of methoxy groups -OCH3 is 1. The van der Waals surface area contributed by atoms with Crippen molar-refractivity contribution in [1.29, 1.82) is 0 Å². The van der Waals surface area contributed by atoms with Gasteiger partial charge in [0.1, 0.15) is 11.4 Å². The Bertz CT molecular complexity index is 1140. The molecule has 0 aliphatic heterocycles. The number of para-hydroxylation sites is 1. The van der Waals surface area contributed by atoms with Gasteiger partial charge in [0.2, 0.25) is 0 Å². The van der Waals surface area contributed by atoms with Gasteiger partial charge in [-0.1, -0.05) is 18.2 Å². The van der Waals surface area contributed by atoms with E-state index < -0.39 is 5.97 Å². The Kier molecular flexibility index (Phi) is 4.28. The molecule has 0 saturated heterocycles. The summed E-state index contributed by atoms with van der Waals surface area (Å²) in [5.41, 5.74) is 4.04. The van der Waals surface area contributed by atoms with Gasteiger partial charge in [-0.25, -0.2) is 9.78 Å². The van der Waals surface area contributed by atoms with Crippen molar-refractivity contribution < 1.29 is 14.3 Å². The summed E-state index contributed by atoms with van der Waals surface area (Å²) in [6.45, 7) is 2.10. The molecule has 0 aliphatic carbocycles. The van der Waals surface area contributed by atoms with Crippen molar-refractivity contribution in [3.8, 4) is 17.0 Å². The number of ether oxygens (including phenoxy) is 2. The normalized spacial score (nSPS) is 11.1. The van der Waals surface area contributed by atoms with Crippen LogP contribution in [-0.2, 0) is 11.8 Å². The minimum absolute atomic E-state index is 0.311. The SMILES string of the molecule is CCOC(=O)c1cc2c3ccccc3n(C)c2c(-c2ccc(OC)cc2)n1. The van der Waals surface area contributed by atoms with E-state index in [0.717, 1.165) is 38.8 Å². The first-order chi connectivity index (χ1) is 13.1. The number of benzene rings is 2. The summed E-state index contributed by atoms with van der Waals surface area (Å²) in [4.78, 5) is 17.1. The first-order valence-corrected chi connectivity index (χ1v) is 8.83. The van der Waals surface area contributed by atoms with Crippen LogP contribution < -0.4 is 4.74 Å². The van der Waals surface area contributed by atoms with Gasteiger partial charge in [0.25, 0.3) is 0 Å². The van der Waals surface area contributed by atoms with E-state index in [1.165, 1.54) is 0 Å². The molecule has 0 spiro atoms. The highest BCUT2D eigenvalue weighted by molar-refractivity contribution is 6.13. The Morgan fingerprint density at radius 3 is 2.52 bits per heavy atom. The first kappa shape index (κ1) is 17.1. The number of aromatic nitrogens is 2. The van der Waals surface area contributed by atoms with Gasteiger partial charge >= 0.3 is 5.97 Å². The van der Waals surface area contributed by atoms with E-state index >= 15 is 0 Å². The zero-order chi connectivity index (χ0) is 19.0. The van der Waals surface area contributed by atoms with E-state index in [-0.39, 0.29) is 0 Å². The van der Waals surface area contributed by atoms with Gasteiger partial charge in [0.05, 0.1) is 24.9 Å². The maximum Gasteiger partial charge on any atom is 0.356 e. The van der Waals surface area contributed by atoms with Gasteiger partial charge in [0.15, 0.2) is 0 Å². The van der Waals surface area contributed by atoms with Gasteiger partial charge in [0, 0.05) is 28.9 Å². The smallest absolute Gasteiger partial charge is 0.356 e. The van der Waals surface area contributed by atoms with Crippen LogP contribution >= 0.6 is 0 Å². The minimum Gasteiger partial charge on any atom is -0.497 e. The van der Waals surface area contributed by atoms with Crippen LogP contribution in [0, 0.1) is 0 Å². The second-order valence-corrected chi connectivity index (χ2v) is 6.28. The average Bonchev–Trinajstić information content (AvgIpc) is 3.00. The zero-order valence-corrected chi connectivity index (χ0v) is 15.5. The van der Waals surface area contributed by atoms with Crippen LogP contribution in [0.1, 0.15) is 17.4 Å². The number of fused-ring (bicyclic) bond motifs is 3. The summed E-state index contributed by atoms with van der Waals surface area (Å²) in [5.74, 6) is 0.357. The highest BCUT2D eigenvalue weighted by Crippen LogP contribution is 2.35. The Morgan fingerprint density at radius 2 is 1.81 bits per heavy atom. The Morgan fingerprint density at radius 1 is 1.07 bits per heavy atom. The van der Waals surface area contributed by atoms with Gasteiger partial charge in [-0.3, -0.25) is 0 Å². The maximum absolute atomic E-state index is 12.4. The van der Waals surface area contributed by atoms with Crippen LogP contribution in [0.15, 0.2) is 54.6 Å².